The topological polar surface area (TPSA) is 40.6 Å². The van der Waals surface area contributed by atoms with Crippen molar-refractivity contribution in [2.75, 3.05) is 39.1 Å². The molecule has 36 heavy (non-hydrogen) atoms. The van der Waals surface area contributed by atoms with Gasteiger partial charge in [0.15, 0.2) is 0 Å². The minimum Gasteiger partial charge on any atom is -0.377 e. The number of hydrogen-bond donors (Lipinski definition) is 0. The van der Waals surface area contributed by atoms with Gasteiger partial charge >= 0.3 is 6.18 Å². The predicted octanol–water partition coefficient (Wildman–Crippen LogP) is 5.36. The van der Waals surface area contributed by atoms with Gasteiger partial charge in [0.05, 0.1) is 21.0 Å². The molecule has 192 valence electrons. The van der Waals surface area contributed by atoms with E-state index in [0.717, 1.165) is 49.2 Å². The summed E-state index contributed by atoms with van der Waals surface area (Å²) < 4.78 is 80.0. The molecule has 0 aromatic heterocycles. The quantitative estimate of drug-likeness (QED) is 0.425. The molecule has 3 aromatic carbocycles. The molecule has 4 rings (SSSR count). The highest BCUT2D eigenvalue weighted by Gasteiger charge is 2.34. The largest absolute Gasteiger partial charge is 0.419 e. The summed E-state index contributed by atoms with van der Waals surface area (Å²) in [6.45, 7) is 1.76. The molecule has 0 radical (unpaired) electrons. The standard InChI is InChI=1S/C27H28F4N2O2S/c1-32(2)25-16-20-10-12-33(3)13-11-21(20)17-26(25)36(34,35)22-7-4-18(5-8-22)14-19-6-9-24(28)23(15-19)27(29,30)31/h4-9,15-17H,10-14H2,1-3H3. The Morgan fingerprint density at radius 2 is 1.47 bits per heavy atom. The molecule has 0 saturated heterocycles. The summed E-state index contributed by atoms with van der Waals surface area (Å²) in [6.07, 6.45) is -3.07. The number of rotatable bonds is 5. The minimum absolute atomic E-state index is 0.107. The Bertz CT molecular complexity index is 1370. The molecule has 9 heteroatoms. The van der Waals surface area contributed by atoms with Gasteiger partial charge in [0.1, 0.15) is 5.82 Å². The summed E-state index contributed by atoms with van der Waals surface area (Å²) in [7, 11) is 1.82. The first-order chi connectivity index (χ1) is 16.9. The number of halogens is 4. The van der Waals surface area contributed by atoms with Crippen LogP contribution in [0.5, 0.6) is 0 Å². The normalized spacial score (nSPS) is 14.9. The van der Waals surface area contributed by atoms with E-state index in [-0.39, 0.29) is 21.8 Å². The van der Waals surface area contributed by atoms with Crippen LogP contribution in [0.15, 0.2) is 64.4 Å². The average molecular weight is 521 g/mol. The van der Waals surface area contributed by atoms with Crippen LogP contribution in [-0.2, 0) is 35.3 Å². The van der Waals surface area contributed by atoms with Crippen LogP contribution in [0.25, 0.3) is 0 Å². The van der Waals surface area contributed by atoms with E-state index in [2.05, 4.69) is 4.90 Å². The van der Waals surface area contributed by atoms with Crippen LogP contribution < -0.4 is 4.90 Å². The molecule has 0 saturated carbocycles. The van der Waals surface area contributed by atoms with Crippen molar-refractivity contribution < 1.29 is 26.0 Å². The highest BCUT2D eigenvalue weighted by molar-refractivity contribution is 7.91. The van der Waals surface area contributed by atoms with Gasteiger partial charge in [0, 0.05) is 27.2 Å². The number of alkyl halides is 3. The number of anilines is 1. The monoisotopic (exact) mass is 520 g/mol. The van der Waals surface area contributed by atoms with Crippen molar-refractivity contribution in [3.8, 4) is 0 Å². The van der Waals surface area contributed by atoms with Crippen LogP contribution in [0, 0.1) is 5.82 Å². The Kier molecular flexibility index (Phi) is 7.16. The summed E-state index contributed by atoms with van der Waals surface area (Å²) in [5.41, 5.74) is 2.38. The highest BCUT2D eigenvalue weighted by Crippen LogP contribution is 2.35. The van der Waals surface area contributed by atoms with Gasteiger partial charge in [-0.25, -0.2) is 12.8 Å². The van der Waals surface area contributed by atoms with E-state index in [4.69, 9.17) is 0 Å². The number of hydrogen-bond acceptors (Lipinski definition) is 4. The number of benzene rings is 3. The summed E-state index contributed by atoms with van der Waals surface area (Å²) in [4.78, 5) is 4.36. The van der Waals surface area contributed by atoms with Crippen molar-refractivity contribution in [3.05, 3.63) is 88.2 Å². The van der Waals surface area contributed by atoms with E-state index in [1.807, 2.05) is 27.2 Å². The van der Waals surface area contributed by atoms with Gasteiger partial charge in [-0.15, -0.1) is 0 Å². The van der Waals surface area contributed by atoms with E-state index in [0.29, 0.717) is 11.3 Å². The Balaban J connectivity index is 1.65. The maximum Gasteiger partial charge on any atom is 0.419 e. The maximum absolute atomic E-state index is 13.7. The molecule has 0 spiro atoms. The molecule has 0 aliphatic carbocycles. The lowest BCUT2D eigenvalue weighted by atomic mass is 10.0. The second-order valence-electron chi connectivity index (χ2n) is 9.42. The Morgan fingerprint density at radius 3 is 2.06 bits per heavy atom. The Hall–Kier alpha value is -2.91. The highest BCUT2D eigenvalue weighted by atomic mass is 32.2. The Labute approximate surface area is 209 Å². The number of nitrogens with zero attached hydrogens (tertiary/aromatic N) is 2. The van der Waals surface area contributed by atoms with Crippen molar-refractivity contribution in [2.45, 2.75) is 35.2 Å². The molecule has 0 unspecified atom stereocenters. The fraction of sp³-hybridized carbons (Fsp3) is 0.333. The predicted molar refractivity (Wildman–Crippen MR) is 132 cm³/mol. The lowest BCUT2D eigenvalue weighted by molar-refractivity contribution is -0.140. The van der Waals surface area contributed by atoms with Crippen molar-refractivity contribution in [2.24, 2.45) is 0 Å². The second-order valence-corrected chi connectivity index (χ2v) is 11.3. The van der Waals surface area contributed by atoms with Gasteiger partial charge in [-0.05, 0) is 85.0 Å². The lowest BCUT2D eigenvalue weighted by Gasteiger charge is -2.21. The van der Waals surface area contributed by atoms with Crippen LogP contribution in [0.4, 0.5) is 23.2 Å². The van der Waals surface area contributed by atoms with Crippen molar-refractivity contribution >= 4 is 15.5 Å². The third-order valence-electron chi connectivity index (χ3n) is 6.56. The first-order valence-corrected chi connectivity index (χ1v) is 13.1. The molecule has 0 N–H and O–H groups in total. The van der Waals surface area contributed by atoms with Gasteiger partial charge in [-0.1, -0.05) is 18.2 Å². The molecule has 0 atom stereocenters. The van der Waals surface area contributed by atoms with Crippen molar-refractivity contribution in [1.29, 1.82) is 0 Å². The minimum atomic E-state index is -4.79. The van der Waals surface area contributed by atoms with Crippen LogP contribution >= 0.6 is 0 Å². The summed E-state index contributed by atoms with van der Waals surface area (Å²) in [5.74, 6) is -1.32. The molecule has 0 fully saturated rings. The molecule has 3 aromatic rings. The van der Waals surface area contributed by atoms with E-state index in [1.54, 1.807) is 23.1 Å². The van der Waals surface area contributed by atoms with Crippen molar-refractivity contribution in [1.82, 2.24) is 4.90 Å². The lowest BCUT2D eigenvalue weighted by Crippen LogP contribution is -2.20. The molecule has 1 heterocycles. The zero-order valence-corrected chi connectivity index (χ0v) is 21.2. The summed E-state index contributed by atoms with van der Waals surface area (Å²) >= 11 is 0. The number of fused-ring (bicyclic) bond motifs is 1. The van der Waals surface area contributed by atoms with Crippen LogP contribution in [-0.4, -0.2) is 47.6 Å². The van der Waals surface area contributed by atoms with E-state index < -0.39 is 27.4 Å². The molecule has 0 bridgehead atoms. The molecule has 4 nitrogen and oxygen atoms in total. The summed E-state index contributed by atoms with van der Waals surface area (Å²) in [5, 5.41) is 0. The zero-order valence-electron chi connectivity index (χ0n) is 20.4. The zero-order chi connectivity index (χ0) is 26.3. The SMILES string of the molecule is CN1CCc2cc(N(C)C)c(S(=O)(=O)c3ccc(Cc4ccc(F)c(C(F)(F)F)c4)cc3)cc2CC1. The fourth-order valence-electron chi connectivity index (χ4n) is 4.47. The van der Waals surface area contributed by atoms with Gasteiger partial charge in [-0.2, -0.15) is 13.2 Å². The first kappa shape index (κ1) is 26.2. The molecule has 1 aliphatic heterocycles. The second kappa shape index (κ2) is 9.86. The van der Waals surface area contributed by atoms with E-state index >= 15 is 0 Å². The average Bonchev–Trinajstić information content (AvgIpc) is 3.00. The third-order valence-corrected chi connectivity index (χ3v) is 8.36. The number of sulfone groups is 1. The van der Waals surface area contributed by atoms with Gasteiger partial charge in [0.25, 0.3) is 0 Å². The number of likely N-dealkylation sites (N-methyl/N-ethyl adjacent to an activating group) is 1. The molecular formula is C27H28F4N2O2S. The van der Waals surface area contributed by atoms with Crippen LogP contribution in [0.1, 0.15) is 27.8 Å². The van der Waals surface area contributed by atoms with Crippen LogP contribution in [0.3, 0.4) is 0 Å². The third kappa shape index (κ3) is 5.42. The maximum atomic E-state index is 13.7. The smallest absolute Gasteiger partial charge is 0.377 e. The van der Waals surface area contributed by atoms with Crippen LogP contribution in [0.2, 0.25) is 0 Å². The van der Waals surface area contributed by atoms with E-state index in [9.17, 15) is 26.0 Å². The fourth-order valence-corrected chi connectivity index (χ4v) is 6.03. The molecule has 1 aliphatic rings. The van der Waals surface area contributed by atoms with Gasteiger partial charge < -0.3 is 9.80 Å². The first-order valence-electron chi connectivity index (χ1n) is 11.6. The molecular weight excluding hydrogens is 492 g/mol. The Morgan fingerprint density at radius 1 is 0.889 bits per heavy atom. The van der Waals surface area contributed by atoms with Gasteiger partial charge in [-0.3, -0.25) is 0 Å². The summed E-state index contributed by atoms with van der Waals surface area (Å²) in [6, 6.07) is 12.7. The van der Waals surface area contributed by atoms with Gasteiger partial charge in [0.2, 0.25) is 9.84 Å². The molecule has 0 amide bonds. The van der Waals surface area contributed by atoms with E-state index in [1.165, 1.54) is 18.2 Å². The van der Waals surface area contributed by atoms with Crippen molar-refractivity contribution in [3.63, 3.8) is 0 Å².